The molecule has 0 unspecified atom stereocenters. The van der Waals surface area contributed by atoms with E-state index in [0.717, 1.165) is 12.5 Å². The summed E-state index contributed by atoms with van der Waals surface area (Å²) in [5.41, 5.74) is 0. The van der Waals surface area contributed by atoms with E-state index in [1.165, 1.54) is 89.9 Å². The molecule has 0 spiro atoms. The summed E-state index contributed by atoms with van der Waals surface area (Å²) >= 11 is 17.6. The van der Waals surface area contributed by atoms with E-state index >= 15 is 0 Å². The lowest BCUT2D eigenvalue weighted by Gasteiger charge is -2.06. The van der Waals surface area contributed by atoms with Crippen LogP contribution in [0.25, 0.3) is 0 Å². The average molecular weight is 400 g/mol. The summed E-state index contributed by atoms with van der Waals surface area (Å²) < 4.78 is 0. The molecule has 0 fully saturated rings. The maximum atomic E-state index is 5.86. The van der Waals surface area contributed by atoms with Crippen LogP contribution in [0.15, 0.2) is 12.2 Å². The van der Waals surface area contributed by atoms with Crippen LogP contribution >= 0.6 is 33.2 Å². The van der Waals surface area contributed by atoms with Crippen LogP contribution in [0.5, 0.6) is 0 Å². The molecule has 23 heavy (non-hydrogen) atoms. The van der Waals surface area contributed by atoms with E-state index in [1.807, 2.05) is 0 Å². The third-order valence-electron chi connectivity index (χ3n) is 4.22. The summed E-state index contributed by atoms with van der Waals surface area (Å²) in [5.74, 6) is 0. The lowest BCUT2D eigenvalue weighted by Crippen LogP contribution is -2.07. The van der Waals surface area contributed by atoms with Gasteiger partial charge in [-0.3, -0.25) is 0 Å². The van der Waals surface area contributed by atoms with Crippen molar-refractivity contribution in [2.75, 3.05) is 0 Å². The van der Waals surface area contributed by atoms with Crippen molar-refractivity contribution in [3.8, 4) is 0 Å². The third-order valence-corrected chi connectivity index (χ3v) is 6.84. The van der Waals surface area contributed by atoms with Gasteiger partial charge in [0, 0.05) is 0 Å². The number of allylic oxidation sites excluding steroid dienone is 2. The lowest BCUT2D eigenvalue weighted by molar-refractivity contribution is 0.577. The Morgan fingerprint density at radius 2 is 0.957 bits per heavy atom. The predicted octanol–water partition coefficient (Wildman–Crippen LogP) is 9.07. The van der Waals surface area contributed by atoms with Crippen LogP contribution in [0.3, 0.4) is 0 Å². The van der Waals surface area contributed by atoms with Crippen molar-refractivity contribution in [3.63, 3.8) is 0 Å². The molecule has 0 aliphatic rings. The molecule has 0 heterocycles. The summed E-state index contributed by atoms with van der Waals surface area (Å²) in [5, 5.41) is 0. The second kappa shape index (κ2) is 17.6. The van der Waals surface area contributed by atoms with Crippen LogP contribution in [-0.2, 0) is 0 Å². The fourth-order valence-electron chi connectivity index (χ4n) is 2.75. The highest BCUT2D eigenvalue weighted by Crippen LogP contribution is 2.27. The van der Waals surface area contributed by atoms with Gasteiger partial charge in [-0.25, -0.2) is 0 Å². The zero-order chi connectivity index (χ0) is 17.2. The third kappa shape index (κ3) is 22.8. The normalized spacial score (nSPS) is 12.3. The first-order valence-electron chi connectivity index (χ1n) is 9.78. The van der Waals surface area contributed by atoms with Crippen LogP contribution in [-0.4, -0.2) is 6.00 Å². The summed E-state index contributed by atoms with van der Waals surface area (Å²) in [6.45, 7) is 2.28. The molecule has 0 aromatic rings. The highest BCUT2D eigenvalue weighted by Gasteiger charge is 2.23. The zero-order valence-electron chi connectivity index (χ0n) is 15.1. The standard InChI is InChI=1S/C19H37Cl3Si/c1-2-3-4-5-6-7-8-9-10-11-12-13-14-15-16-17-18-19-23(20,21)22/h11-12H,2-10,13-19H2,1H3/b12-11+. The molecule has 0 aliphatic heterocycles. The fourth-order valence-corrected chi connectivity index (χ4v) is 4.60. The van der Waals surface area contributed by atoms with E-state index in [0.29, 0.717) is 0 Å². The maximum absolute atomic E-state index is 5.86. The molecule has 0 nitrogen and oxygen atoms in total. The molecule has 0 aromatic heterocycles. The maximum Gasteiger partial charge on any atom is 0.341 e. The van der Waals surface area contributed by atoms with Crippen LogP contribution < -0.4 is 0 Å². The first-order chi connectivity index (χ1) is 11.1. The molecular formula is C19H37Cl3Si. The van der Waals surface area contributed by atoms with E-state index in [2.05, 4.69) is 19.1 Å². The molecule has 0 radical (unpaired) electrons. The molecule has 0 rings (SSSR count). The van der Waals surface area contributed by atoms with Crippen LogP contribution in [0.4, 0.5) is 0 Å². The Labute approximate surface area is 160 Å². The number of halogens is 3. The van der Waals surface area contributed by atoms with Gasteiger partial charge in [0.05, 0.1) is 0 Å². The fraction of sp³-hybridized carbons (Fsp3) is 0.895. The summed E-state index contributed by atoms with van der Waals surface area (Å²) in [4.78, 5) is 0. The summed E-state index contributed by atoms with van der Waals surface area (Å²) in [7, 11) is 0. The minimum absolute atomic E-state index is 0.816. The van der Waals surface area contributed by atoms with Gasteiger partial charge in [0.2, 0.25) is 0 Å². The Kier molecular flexibility index (Phi) is 18.3. The molecule has 0 aliphatic carbocycles. The molecule has 138 valence electrons. The van der Waals surface area contributed by atoms with Crippen LogP contribution in [0.2, 0.25) is 6.04 Å². The number of hydrogen-bond donors (Lipinski definition) is 0. The Morgan fingerprint density at radius 1 is 0.565 bits per heavy atom. The minimum atomic E-state index is -2.36. The first-order valence-corrected chi connectivity index (χ1v) is 15.0. The topological polar surface area (TPSA) is 0 Å². The van der Waals surface area contributed by atoms with Crippen molar-refractivity contribution in [1.82, 2.24) is 0 Å². The van der Waals surface area contributed by atoms with Gasteiger partial charge in [0.15, 0.2) is 0 Å². The van der Waals surface area contributed by atoms with Crippen LogP contribution in [0.1, 0.15) is 103 Å². The molecule has 0 saturated heterocycles. The molecule has 0 amide bonds. The molecule has 0 N–H and O–H groups in total. The lowest BCUT2D eigenvalue weighted by atomic mass is 10.1. The Hall–Kier alpha value is 0.827. The van der Waals surface area contributed by atoms with Crippen molar-refractivity contribution in [2.24, 2.45) is 0 Å². The number of unbranched alkanes of at least 4 members (excludes halogenated alkanes) is 13. The van der Waals surface area contributed by atoms with Crippen molar-refractivity contribution in [2.45, 2.75) is 109 Å². The Morgan fingerprint density at radius 3 is 1.39 bits per heavy atom. The van der Waals surface area contributed by atoms with Crippen molar-refractivity contribution >= 4 is 39.2 Å². The van der Waals surface area contributed by atoms with Gasteiger partial charge < -0.3 is 0 Å². The largest absolute Gasteiger partial charge is 0.341 e. The summed E-state index contributed by atoms with van der Waals surface area (Å²) in [6.07, 6.45) is 24.7. The molecule has 0 aromatic carbocycles. The van der Waals surface area contributed by atoms with Gasteiger partial charge in [0.1, 0.15) is 0 Å². The van der Waals surface area contributed by atoms with Gasteiger partial charge in [-0.15, -0.1) is 33.2 Å². The minimum Gasteiger partial charge on any atom is -0.126 e. The Balaban J connectivity index is 3.12. The molecule has 0 atom stereocenters. The first kappa shape index (κ1) is 23.8. The molecular weight excluding hydrogens is 363 g/mol. The van der Waals surface area contributed by atoms with Gasteiger partial charge in [-0.2, -0.15) is 0 Å². The second-order valence-electron chi connectivity index (χ2n) is 6.66. The molecule has 0 bridgehead atoms. The van der Waals surface area contributed by atoms with Gasteiger partial charge in [0.25, 0.3) is 0 Å². The predicted molar refractivity (Wildman–Crippen MR) is 112 cm³/mol. The highest BCUT2D eigenvalue weighted by atomic mass is 35.8. The number of hydrogen-bond acceptors (Lipinski definition) is 0. The van der Waals surface area contributed by atoms with Crippen molar-refractivity contribution < 1.29 is 0 Å². The van der Waals surface area contributed by atoms with Crippen LogP contribution in [0, 0.1) is 0 Å². The second-order valence-corrected chi connectivity index (χ2v) is 15.9. The zero-order valence-corrected chi connectivity index (χ0v) is 18.4. The average Bonchev–Trinajstić information content (AvgIpc) is 2.49. The van der Waals surface area contributed by atoms with E-state index in [-0.39, 0.29) is 0 Å². The Bertz CT molecular complexity index is 262. The quantitative estimate of drug-likeness (QED) is 0.0989. The SMILES string of the molecule is CCCCCCCCCC/C=C/CCCCCCC[Si](Cl)(Cl)Cl. The molecule has 4 heteroatoms. The van der Waals surface area contributed by atoms with Crippen molar-refractivity contribution in [3.05, 3.63) is 12.2 Å². The van der Waals surface area contributed by atoms with E-state index in [4.69, 9.17) is 33.2 Å². The highest BCUT2D eigenvalue weighted by molar-refractivity contribution is 7.64. The smallest absolute Gasteiger partial charge is 0.126 e. The van der Waals surface area contributed by atoms with E-state index < -0.39 is 6.00 Å². The van der Waals surface area contributed by atoms with Crippen molar-refractivity contribution in [1.29, 1.82) is 0 Å². The monoisotopic (exact) mass is 398 g/mol. The number of rotatable bonds is 17. The van der Waals surface area contributed by atoms with Gasteiger partial charge >= 0.3 is 6.00 Å². The summed E-state index contributed by atoms with van der Waals surface area (Å²) in [6, 6.07) is -1.55. The van der Waals surface area contributed by atoms with Gasteiger partial charge in [-0.05, 0) is 31.7 Å². The molecule has 0 saturated carbocycles. The van der Waals surface area contributed by atoms with E-state index in [1.54, 1.807) is 0 Å². The van der Waals surface area contributed by atoms with Gasteiger partial charge in [-0.1, -0.05) is 89.7 Å². The van der Waals surface area contributed by atoms with E-state index in [9.17, 15) is 0 Å².